The fraction of sp³-hybridized carbons (Fsp3) is 0.513. The van der Waals surface area contributed by atoms with Crippen LogP contribution in [-0.4, -0.2) is 12.3 Å². The maximum Gasteiger partial charge on any atom is 0.297 e. The molecule has 5 aliphatic carbocycles. The van der Waals surface area contributed by atoms with E-state index in [4.69, 9.17) is 4.42 Å². The highest BCUT2D eigenvalue weighted by atomic mass is 16.3. The molecule has 15 rings (SSSR count). The van der Waals surface area contributed by atoms with Crippen molar-refractivity contribution in [1.82, 2.24) is 0 Å². The van der Waals surface area contributed by atoms with E-state index in [0.29, 0.717) is 0 Å². The maximum absolute atomic E-state index is 7.97. The first-order valence-electron chi connectivity index (χ1n) is 32.6. The summed E-state index contributed by atoms with van der Waals surface area (Å²) >= 11 is 0. The lowest BCUT2D eigenvalue weighted by atomic mass is 9.35. The van der Waals surface area contributed by atoms with Gasteiger partial charge in [0.2, 0.25) is 0 Å². The van der Waals surface area contributed by atoms with Crippen molar-refractivity contribution in [3.8, 4) is 0 Å². The van der Waals surface area contributed by atoms with Gasteiger partial charge < -0.3 is 19.1 Å². The second-order valence-electron chi connectivity index (χ2n) is 33.9. The third kappa shape index (κ3) is 7.24. The monoisotopic (exact) mass is 1100 g/mol. The van der Waals surface area contributed by atoms with Crippen molar-refractivity contribution in [1.29, 1.82) is 0 Å². The molecule has 0 bridgehead atoms. The Kier molecular flexibility index (Phi) is 10.8. The predicted octanol–water partition coefficient (Wildman–Crippen LogP) is 19.7. The van der Waals surface area contributed by atoms with Gasteiger partial charge in [-0.15, -0.1) is 0 Å². The summed E-state index contributed by atoms with van der Waals surface area (Å²) in [5.74, 6) is 0. The number of fused-ring (bicyclic) bond motifs is 13. The molecule has 3 aliphatic heterocycles. The van der Waals surface area contributed by atoms with Crippen LogP contribution in [0.2, 0.25) is 0 Å². The number of nitrogens with zero attached hydrogens (tertiary/aromatic N) is 3. The second kappa shape index (κ2) is 16.6. The SMILES string of the molecule is CC1(C)CCC(C)(C)c2cc(N3c4cc5c(cc4B4c6oc7cc8c(cc7c6N(c6ccc7c(c6)C(C)(C)CCC7(C)C)c6cc(N7c9ccccc9C9(C)CCCCC79C)cc3c64)C(C)(C)CCC8(C)C)C(C)(C)CCC5(C)C)ccc21. The molecule has 0 amide bonds. The maximum atomic E-state index is 7.97. The predicted molar refractivity (Wildman–Crippen MR) is 354 cm³/mol. The summed E-state index contributed by atoms with van der Waals surface area (Å²) in [7, 11) is 0. The van der Waals surface area contributed by atoms with Gasteiger partial charge in [-0.25, -0.2) is 0 Å². The highest BCUT2D eigenvalue weighted by Gasteiger charge is 2.59. The topological polar surface area (TPSA) is 22.9 Å². The van der Waals surface area contributed by atoms with Gasteiger partial charge in [-0.3, -0.25) is 0 Å². The van der Waals surface area contributed by atoms with Crippen molar-refractivity contribution in [2.24, 2.45) is 0 Å². The van der Waals surface area contributed by atoms with Gasteiger partial charge in [0.1, 0.15) is 5.58 Å². The van der Waals surface area contributed by atoms with Crippen LogP contribution in [0.5, 0.6) is 0 Å². The molecule has 2 atom stereocenters. The molecule has 1 fully saturated rings. The molecule has 0 saturated heterocycles. The third-order valence-electron chi connectivity index (χ3n) is 25.1. The lowest BCUT2D eigenvalue weighted by Gasteiger charge is -2.51. The summed E-state index contributed by atoms with van der Waals surface area (Å²) in [4.78, 5) is 8.39. The van der Waals surface area contributed by atoms with Crippen LogP contribution in [0.4, 0.5) is 45.5 Å². The summed E-state index contributed by atoms with van der Waals surface area (Å²) in [6.45, 7) is 45.0. The Morgan fingerprint density at radius 3 is 1.36 bits per heavy atom. The van der Waals surface area contributed by atoms with E-state index in [1.807, 2.05) is 0 Å². The van der Waals surface area contributed by atoms with Crippen LogP contribution in [0.1, 0.15) is 252 Å². The van der Waals surface area contributed by atoms with E-state index in [1.165, 1.54) is 150 Å². The molecular weight excluding hydrogens is 1010 g/mol. The molecule has 83 heavy (non-hydrogen) atoms. The highest BCUT2D eigenvalue weighted by Crippen LogP contribution is 2.63. The summed E-state index contributed by atoms with van der Waals surface area (Å²) in [6, 6.07) is 40.8. The van der Waals surface area contributed by atoms with Crippen LogP contribution >= 0.6 is 0 Å². The normalized spacial score (nSPS) is 26.1. The Morgan fingerprint density at radius 2 is 0.807 bits per heavy atom. The molecule has 2 unspecified atom stereocenters. The van der Waals surface area contributed by atoms with Crippen molar-refractivity contribution in [3.63, 3.8) is 0 Å². The molecule has 0 spiro atoms. The zero-order chi connectivity index (χ0) is 58.5. The molecule has 4 nitrogen and oxygen atoms in total. The lowest BCUT2D eigenvalue weighted by molar-refractivity contribution is 0.195. The minimum absolute atomic E-state index is 0.00134. The molecule has 0 radical (unpaired) electrons. The van der Waals surface area contributed by atoms with Gasteiger partial charge in [0.05, 0.1) is 16.9 Å². The zero-order valence-electron chi connectivity index (χ0n) is 54.1. The van der Waals surface area contributed by atoms with Crippen LogP contribution in [0.15, 0.2) is 101 Å². The molecule has 1 saturated carbocycles. The zero-order valence-corrected chi connectivity index (χ0v) is 54.1. The smallest absolute Gasteiger partial charge is 0.297 e. The molecule has 4 heterocycles. The van der Waals surface area contributed by atoms with Gasteiger partial charge in [-0.2, -0.15) is 0 Å². The summed E-state index contributed by atoms with van der Waals surface area (Å²) in [6.07, 6.45) is 14.1. The Labute approximate surface area is 499 Å². The average molecular weight is 1100 g/mol. The highest BCUT2D eigenvalue weighted by molar-refractivity contribution is 7.00. The number of anilines is 8. The van der Waals surface area contributed by atoms with Crippen molar-refractivity contribution in [2.45, 2.75) is 256 Å². The molecule has 5 heteroatoms. The van der Waals surface area contributed by atoms with Crippen LogP contribution in [0.25, 0.3) is 11.0 Å². The van der Waals surface area contributed by atoms with Crippen LogP contribution in [0, 0.1) is 0 Å². The molecule has 1 aromatic heterocycles. The van der Waals surface area contributed by atoms with E-state index in [9.17, 15) is 0 Å². The molecular formula is C78H94BN3O. The van der Waals surface area contributed by atoms with Gasteiger partial charge >= 0.3 is 0 Å². The average Bonchev–Trinajstić information content (AvgIpc) is 2.16. The lowest BCUT2D eigenvalue weighted by Crippen LogP contribution is -2.61. The fourth-order valence-electron chi connectivity index (χ4n) is 18.8. The van der Waals surface area contributed by atoms with Crippen LogP contribution in [0.3, 0.4) is 0 Å². The first-order chi connectivity index (χ1) is 38.8. The molecule has 7 aromatic rings. The van der Waals surface area contributed by atoms with Crippen LogP contribution < -0.4 is 31.3 Å². The molecule has 430 valence electrons. The molecule has 8 aliphatic rings. The Bertz CT molecular complexity index is 3970. The first-order valence-corrected chi connectivity index (χ1v) is 32.6. The third-order valence-corrected chi connectivity index (χ3v) is 25.1. The van der Waals surface area contributed by atoms with Crippen molar-refractivity contribution < 1.29 is 4.42 Å². The Morgan fingerprint density at radius 1 is 0.361 bits per heavy atom. The van der Waals surface area contributed by atoms with Gasteiger partial charge in [0, 0.05) is 50.6 Å². The minimum atomic E-state index is -0.162. The van der Waals surface area contributed by atoms with Gasteiger partial charge in [0.25, 0.3) is 6.71 Å². The van der Waals surface area contributed by atoms with E-state index < -0.39 is 0 Å². The molecule has 0 N–H and O–H groups in total. The summed E-state index contributed by atoms with van der Waals surface area (Å²) < 4.78 is 7.97. The number of hydrogen-bond donors (Lipinski definition) is 0. The van der Waals surface area contributed by atoms with E-state index in [0.717, 1.165) is 49.8 Å². The Hall–Kier alpha value is -5.68. The number of furan rings is 1. The fourth-order valence-corrected chi connectivity index (χ4v) is 18.8. The number of hydrogen-bond acceptors (Lipinski definition) is 4. The number of rotatable bonds is 3. The van der Waals surface area contributed by atoms with E-state index in [1.54, 1.807) is 0 Å². The van der Waals surface area contributed by atoms with Crippen molar-refractivity contribution in [2.75, 3.05) is 14.7 Å². The number of para-hydroxylation sites is 1. The van der Waals surface area contributed by atoms with Crippen molar-refractivity contribution in [3.05, 3.63) is 147 Å². The molecule has 6 aromatic carbocycles. The van der Waals surface area contributed by atoms with E-state index >= 15 is 0 Å². The first kappa shape index (κ1) is 54.0. The standard InChI is InChI=1S/C78H94BN3O/c1-69(2)31-33-71(5,6)54-39-47(25-27-51(54)69)80-62-45-58-57(74(11,12)36-37-75(58,13)14)44-60(62)79-66-63(80)41-49(82-61-24-20-19-23-53(61)77(17)29-21-22-30-78(77,82)18)42-64(66)81(48-26-28-52-55(40-48)72(7,8)34-32-70(52,3)4)67-50-43-56-59(46-65(50)83-68(67)79)76(15,16)38-35-73(56,9)10/h19-20,23-28,39-46H,21-22,29-38H2,1-18H3. The summed E-state index contributed by atoms with van der Waals surface area (Å²) in [5, 5.41) is 1.24. The van der Waals surface area contributed by atoms with E-state index in [2.05, 4.69) is 236 Å². The van der Waals surface area contributed by atoms with Gasteiger partial charge in [-0.05, 0) is 236 Å². The van der Waals surface area contributed by atoms with Gasteiger partial charge in [0.15, 0.2) is 0 Å². The minimum Gasteiger partial charge on any atom is -0.468 e. The summed E-state index contributed by atoms with van der Waals surface area (Å²) in [5.41, 5.74) is 28.5. The van der Waals surface area contributed by atoms with Crippen LogP contribution in [-0.2, 0) is 48.7 Å². The number of benzene rings is 6. The van der Waals surface area contributed by atoms with E-state index in [-0.39, 0.29) is 61.0 Å². The second-order valence-corrected chi connectivity index (χ2v) is 33.9. The van der Waals surface area contributed by atoms with Gasteiger partial charge in [-0.1, -0.05) is 167 Å². The quantitative estimate of drug-likeness (QED) is 0.165. The largest absolute Gasteiger partial charge is 0.468 e. The Balaban J connectivity index is 1.12. The van der Waals surface area contributed by atoms with Crippen molar-refractivity contribution >= 4 is 79.8 Å².